The third kappa shape index (κ3) is 5.98. The summed E-state index contributed by atoms with van der Waals surface area (Å²) in [6.45, 7) is -1.83. The first-order valence-electron chi connectivity index (χ1n) is 7.30. The predicted molar refractivity (Wildman–Crippen MR) is 94.3 cm³/mol. The minimum absolute atomic E-state index is 0.156. The monoisotopic (exact) mass is 373 g/mol. The van der Waals surface area contributed by atoms with Gasteiger partial charge in [0.15, 0.2) is 5.96 Å². The van der Waals surface area contributed by atoms with Gasteiger partial charge in [0.2, 0.25) is 0 Å². The zero-order valence-electron chi connectivity index (χ0n) is 13.1. The van der Waals surface area contributed by atoms with Gasteiger partial charge in [-0.3, -0.25) is 4.99 Å². The highest BCUT2D eigenvalue weighted by atomic mass is 35.5. The molecule has 0 radical (unpaired) electrons. The molecule has 0 saturated heterocycles. The van der Waals surface area contributed by atoms with Gasteiger partial charge >= 0.3 is 6.61 Å². The molecule has 0 amide bonds. The molecule has 0 aliphatic heterocycles. The summed E-state index contributed by atoms with van der Waals surface area (Å²) in [7, 11) is 1.65. The number of hydrogen-bond acceptors (Lipinski definition) is 3. The summed E-state index contributed by atoms with van der Waals surface area (Å²) in [6, 6.07) is 10.5. The van der Waals surface area contributed by atoms with Crippen LogP contribution in [0.25, 0.3) is 0 Å². The number of aliphatic imine (C=N–C) groups is 1. The van der Waals surface area contributed by atoms with Crippen LogP contribution in [0.1, 0.15) is 10.4 Å². The number of nitrogens with one attached hydrogen (secondary N) is 2. The fourth-order valence-corrected chi connectivity index (χ4v) is 3.14. The van der Waals surface area contributed by atoms with Crippen LogP contribution in [0.3, 0.4) is 0 Å². The van der Waals surface area contributed by atoms with E-state index in [-0.39, 0.29) is 5.75 Å². The van der Waals surface area contributed by atoms with E-state index >= 15 is 0 Å². The van der Waals surface area contributed by atoms with Crippen LogP contribution in [-0.4, -0.2) is 26.2 Å². The Hall–Kier alpha value is -1.86. The average molecular weight is 374 g/mol. The Morgan fingerprint density at radius 2 is 2.04 bits per heavy atom. The molecule has 1 aromatic heterocycles. The molecular formula is C16H18ClF2N3OS. The maximum atomic E-state index is 12.4. The predicted octanol–water partition coefficient (Wildman–Crippen LogP) is 3.91. The molecule has 0 spiro atoms. The Morgan fingerprint density at radius 3 is 2.71 bits per heavy atom. The Morgan fingerprint density at radius 1 is 1.25 bits per heavy atom. The zero-order valence-corrected chi connectivity index (χ0v) is 14.6. The quantitative estimate of drug-likeness (QED) is 0.571. The van der Waals surface area contributed by atoms with Crippen molar-refractivity contribution in [1.82, 2.24) is 10.6 Å². The lowest BCUT2D eigenvalue weighted by molar-refractivity contribution is -0.0504. The van der Waals surface area contributed by atoms with E-state index in [1.807, 2.05) is 12.1 Å². The molecule has 2 N–H and O–H groups in total. The number of hydrogen-bond donors (Lipinski definition) is 2. The van der Waals surface area contributed by atoms with E-state index in [2.05, 4.69) is 20.4 Å². The van der Waals surface area contributed by atoms with Crippen LogP contribution >= 0.6 is 22.9 Å². The molecule has 2 rings (SSSR count). The van der Waals surface area contributed by atoms with E-state index in [4.69, 9.17) is 11.6 Å². The first-order valence-corrected chi connectivity index (χ1v) is 8.49. The van der Waals surface area contributed by atoms with Crippen molar-refractivity contribution >= 4 is 28.9 Å². The van der Waals surface area contributed by atoms with Gasteiger partial charge in [0.1, 0.15) is 5.75 Å². The molecule has 0 bridgehead atoms. The van der Waals surface area contributed by atoms with Crippen molar-refractivity contribution in [3.8, 4) is 5.75 Å². The second kappa shape index (κ2) is 9.44. The summed E-state index contributed by atoms with van der Waals surface area (Å²) in [5.74, 6) is 0.744. The molecule has 0 aliphatic rings. The smallest absolute Gasteiger partial charge is 0.387 e. The van der Waals surface area contributed by atoms with E-state index in [1.54, 1.807) is 36.6 Å². The average Bonchev–Trinajstić information content (AvgIpc) is 2.97. The number of alkyl halides is 2. The van der Waals surface area contributed by atoms with Crippen molar-refractivity contribution in [2.75, 3.05) is 13.6 Å². The van der Waals surface area contributed by atoms with E-state index in [9.17, 15) is 8.78 Å². The summed E-state index contributed by atoms with van der Waals surface area (Å²) in [4.78, 5) is 5.29. The van der Waals surface area contributed by atoms with E-state index in [1.165, 1.54) is 10.9 Å². The fraction of sp³-hybridized carbons (Fsp3) is 0.312. The molecule has 1 heterocycles. The maximum Gasteiger partial charge on any atom is 0.387 e. The number of rotatable bonds is 7. The molecule has 8 heteroatoms. The molecule has 0 aliphatic carbocycles. The minimum Gasteiger partial charge on any atom is -0.434 e. The molecular weight excluding hydrogens is 356 g/mol. The summed E-state index contributed by atoms with van der Waals surface area (Å²) in [5.41, 5.74) is 0.630. The molecule has 0 saturated carbocycles. The normalized spacial score (nSPS) is 11.6. The van der Waals surface area contributed by atoms with Crippen molar-refractivity contribution in [3.05, 3.63) is 51.2 Å². The first kappa shape index (κ1) is 18.5. The first-order chi connectivity index (χ1) is 11.6. The van der Waals surface area contributed by atoms with Gasteiger partial charge in [-0.25, -0.2) is 0 Å². The van der Waals surface area contributed by atoms with Crippen molar-refractivity contribution < 1.29 is 13.5 Å². The summed E-state index contributed by atoms with van der Waals surface area (Å²) >= 11 is 7.44. The van der Waals surface area contributed by atoms with Crippen LogP contribution < -0.4 is 15.4 Å². The van der Waals surface area contributed by atoms with Crippen LogP contribution in [0.4, 0.5) is 8.78 Å². The number of ether oxygens (including phenoxy) is 1. The van der Waals surface area contributed by atoms with Gasteiger partial charge in [-0.05, 0) is 24.6 Å². The van der Waals surface area contributed by atoms with Crippen LogP contribution in [-0.2, 0) is 13.0 Å². The van der Waals surface area contributed by atoms with Crippen molar-refractivity contribution in [3.63, 3.8) is 0 Å². The third-order valence-corrected chi connectivity index (χ3v) is 4.44. The van der Waals surface area contributed by atoms with E-state index < -0.39 is 6.61 Å². The highest BCUT2D eigenvalue weighted by Crippen LogP contribution is 2.21. The molecule has 0 fully saturated rings. The SMILES string of the molecule is CN=C(NCCc1ccc(Cl)s1)NCc1ccccc1OC(F)F. The molecule has 130 valence electrons. The van der Waals surface area contributed by atoms with Crippen molar-refractivity contribution in [1.29, 1.82) is 0 Å². The molecule has 0 atom stereocenters. The zero-order chi connectivity index (χ0) is 17.4. The highest BCUT2D eigenvalue weighted by Gasteiger charge is 2.09. The largest absolute Gasteiger partial charge is 0.434 e. The van der Waals surface area contributed by atoms with Gasteiger partial charge in [0.05, 0.1) is 4.34 Å². The lowest BCUT2D eigenvalue weighted by atomic mass is 10.2. The number of para-hydroxylation sites is 1. The molecule has 4 nitrogen and oxygen atoms in total. The van der Waals surface area contributed by atoms with E-state index in [0.29, 0.717) is 24.6 Å². The lowest BCUT2D eigenvalue weighted by Gasteiger charge is -2.14. The Bertz CT molecular complexity index is 679. The standard InChI is InChI=1S/C16H18ClF2N3OS/c1-20-16(21-9-8-12-6-7-14(17)24-12)22-10-11-4-2-3-5-13(11)23-15(18)19/h2-7,15H,8-10H2,1H3,(H2,20,21,22). The van der Waals surface area contributed by atoms with Gasteiger partial charge < -0.3 is 15.4 Å². The number of benzene rings is 1. The molecule has 0 unspecified atom stereocenters. The topological polar surface area (TPSA) is 45.7 Å². The second-order valence-electron chi connectivity index (χ2n) is 4.79. The maximum absolute atomic E-state index is 12.4. The van der Waals surface area contributed by atoms with Gasteiger partial charge in [0.25, 0.3) is 0 Å². The van der Waals surface area contributed by atoms with Gasteiger partial charge in [-0.1, -0.05) is 29.8 Å². The summed E-state index contributed by atoms with van der Waals surface area (Å²) in [6.07, 6.45) is 0.823. The van der Waals surface area contributed by atoms with Crippen LogP contribution in [0.15, 0.2) is 41.4 Å². The van der Waals surface area contributed by atoms with Crippen LogP contribution in [0, 0.1) is 0 Å². The van der Waals surface area contributed by atoms with Crippen molar-refractivity contribution in [2.45, 2.75) is 19.6 Å². The second-order valence-corrected chi connectivity index (χ2v) is 6.59. The Balaban J connectivity index is 1.83. The molecule has 24 heavy (non-hydrogen) atoms. The van der Waals surface area contributed by atoms with E-state index in [0.717, 1.165) is 10.8 Å². The Kier molecular flexibility index (Phi) is 7.27. The van der Waals surface area contributed by atoms with Gasteiger partial charge in [-0.15, -0.1) is 11.3 Å². The fourth-order valence-electron chi connectivity index (χ4n) is 2.05. The minimum atomic E-state index is -2.85. The third-order valence-electron chi connectivity index (χ3n) is 3.15. The summed E-state index contributed by atoms with van der Waals surface area (Å²) < 4.78 is 30.1. The number of guanidine groups is 1. The molecule has 1 aromatic carbocycles. The Labute approximate surface area is 148 Å². The van der Waals surface area contributed by atoms with Gasteiger partial charge in [0, 0.05) is 30.6 Å². The van der Waals surface area contributed by atoms with Crippen molar-refractivity contribution in [2.24, 2.45) is 4.99 Å². The number of halogens is 3. The van der Waals surface area contributed by atoms with Gasteiger partial charge in [-0.2, -0.15) is 8.78 Å². The summed E-state index contributed by atoms with van der Waals surface area (Å²) in [5, 5.41) is 6.25. The molecule has 2 aromatic rings. The lowest BCUT2D eigenvalue weighted by Crippen LogP contribution is -2.37. The number of nitrogens with zero attached hydrogens (tertiary/aromatic N) is 1. The number of thiophene rings is 1. The van der Waals surface area contributed by atoms with Crippen LogP contribution in [0.2, 0.25) is 4.34 Å². The highest BCUT2D eigenvalue weighted by molar-refractivity contribution is 7.16. The van der Waals surface area contributed by atoms with Crippen LogP contribution in [0.5, 0.6) is 5.75 Å².